The Morgan fingerprint density at radius 1 is 0.949 bits per heavy atom. The highest BCUT2D eigenvalue weighted by atomic mass is 15.2. The van der Waals surface area contributed by atoms with E-state index in [0.717, 1.165) is 58.9 Å². The topological polar surface area (TPSA) is 76.1 Å². The second kappa shape index (κ2) is 9.74. The number of nitrogens with two attached hydrogens (primary N) is 1. The number of nitrogen functional groups attached to an aromatic ring is 1. The molecule has 2 saturated heterocycles. The van der Waals surface area contributed by atoms with Crippen molar-refractivity contribution in [2.75, 3.05) is 39.0 Å². The molecular weight excluding hydrogens is 482 g/mol. The summed E-state index contributed by atoms with van der Waals surface area (Å²) in [6.07, 6.45) is 13.1. The summed E-state index contributed by atoms with van der Waals surface area (Å²) in [4.78, 5) is 19.5. The maximum absolute atomic E-state index is 6.33. The third-order valence-corrected chi connectivity index (χ3v) is 8.62. The number of benzene rings is 1. The van der Waals surface area contributed by atoms with Gasteiger partial charge < -0.3 is 10.6 Å². The first-order valence-corrected chi connectivity index (χ1v) is 14.0. The third kappa shape index (κ3) is 4.56. The Morgan fingerprint density at radius 3 is 2.59 bits per heavy atom. The number of pyridine rings is 2. The molecule has 1 aliphatic carbocycles. The van der Waals surface area contributed by atoms with Gasteiger partial charge >= 0.3 is 0 Å². The molecule has 7 rings (SSSR count). The number of hydrogen-bond donors (Lipinski definition) is 1. The summed E-state index contributed by atoms with van der Waals surface area (Å²) in [6, 6.07) is 16.9. The summed E-state index contributed by atoms with van der Waals surface area (Å²) in [7, 11) is 2.25. The van der Waals surface area contributed by atoms with Gasteiger partial charge in [0.15, 0.2) is 11.5 Å². The van der Waals surface area contributed by atoms with Crippen molar-refractivity contribution in [2.45, 2.75) is 32.2 Å². The Balaban J connectivity index is 1.24. The van der Waals surface area contributed by atoms with E-state index < -0.39 is 0 Å². The van der Waals surface area contributed by atoms with Gasteiger partial charge in [-0.2, -0.15) is 0 Å². The van der Waals surface area contributed by atoms with Gasteiger partial charge in [-0.25, -0.2) is 15.0 Å². The Hall–Kier alpha value is -3.81. The van der Waals surface area contributed by atoms with Gasteiger partial charge in [-0.3, -0.25) is 9.47 Å². The zero-order chi connectivity index (χ0) is 26.4. The number of anilines is 1. The Bertz CT molecular complexity index is 1580. The SMILES string of the molecule is CN1CCC2(CCN(Cc3ccc(-n4c(-c5cccnc5N)nc5ccc(C6=CCCC=C6)nc54)cc3)C2)C1. The van der Waals surface area contributed by atoms with Crippen molar-refractivity contribution < 1.29 is 0 Å². The lowest BCUT2D eigenvalue weighted by atomic mass is 9.86. The van der Waals surface area contributed by atoms with Crippen LogP contribution in [-0.2, 0) is 6.54 Å². The van der Waals surface area contributed by atoms with Crippen molar-refractivity contribution in [3.05, 3.63) is 84.2 Å². The van der Waals surface area contributed by atoms with E-state index in [2.05, 4.69) is 81.0 Å². The highest BCUT2D eigenvalue weighted by molar-refractivity contribution is 5.85. The molecule has 1 atom stereocenters. The normalized spacial score (nSPS) is 21.8. The summed E-state index contributed by atoms with van der Waals surface area (Å²) >= 11 is 0. The molecule has 5 heterocycles. The van der Waals surface area contributed by atoms with Crippen LogP contribution >= 0.6 is 0 Å². The van der Waals surface area contributed by atoms with E-state index in [-0.39, 0.29) is 0 Å². The van der Waals surface area contributed by atoms with Gasteiger partial charge in [-0.1, -0.05) is 30.4 Å². The fourth-order valence-corrected chi connectivity index (χ4v) is 6.62. The number of imidazole rings is 1. The van der Waals surface area contributed by atoms with Crippen LogP contribution in [0, 0.1) is 5.41 Å². The quantitative estimate of drug-likeness (QED) is 0.386. The molecule has 2 aliphatic heterocycles. The van der Waals surface area contributed by atoms with Crippen LogP contribution < -0.4 is 5.73 Å². The van der Waals surface area contributed by atoms with Gasteiger partial charge in [0, 0.05) is 31.5 Å². The first kappa shape index (κ1) is 24.2. The summed E-state index contributed by atoms with van der Waals surface area (Å²) < 4.78 is 2.13. The van der Waals surface area contributed by atoms with E-state index >= 15 is 0 Å². The van der Waals surface area contributed by atoms with Crippen LogP contribution in [0.5, 0.6) is 0 Å². The molecule has 7 heteroatoms. The average molecular weight is 518 g/mol. The molecule has 7 nitrogen and oxygen atoms in total. The molecule has 4 aromatic rings. The van der Waals surface area contributed by atoms with Crippen molar-refractivity contribution in [1.82, 2.24) is 29.3 Å². The van der Waals surface area contributed by atoms with Crippen LogP contribution in [0.25, 0.3) is 33.8 Å². The number of allylic oxidation sites excluding steroid dienone is 4. The standard InChI is InChI=1S/C32H35N7/c1-37-18-15-32(21-37)16-19-38(22-32)20-23-9-11-25(12-10-23)39-30(26-8-5-17-34-29(26)33)36-28-14-13-27(35-31(28)39)24-6-3-2-4-7-24/h3,5-14,17H,2,4,15-16,18-22H2,1H3,(H2,33,34). The molecule has 2 N–H and O–H groups in total. The van der Waals surface area contributed by atoms with Crippen molar-refractivity contribution in [3.8, 4) is 17.1 Å². The van der Waals surface area contributed by atoms with Gasteiger partial charge in [-0.15, -0.1) is 0 Å². The molecule has 0 saturated carbocycles. The first-order valence-electron chi connectivity index (χ1n) is 14.0. The summed E-state index contributed by atoms with van der Waals surface area (Å²) in [5, 5.41) is 0. The zero-order valence-corrected chi connectivity index (χ0v) is 22.6. The number of likely N-dealkylation sites (tertiary alicyclic amines) is 2. The van der Waals surface area contributed by atoms with Gasteiger partial charge in [0.25, 0.3) is 0 Å². The summed E-state index contributed by atoms with van der Waals surface area (Å²) in [6.45, 7) is 5.84. The monoisotopic (exact) mass is 517 g/mol. The Kier molecular flexibility index (Phi) is 6.05. The second-order valence-corrected chi connectivity index (χ2v) is 11.5. The van der Waals surface area contributed by atoms with Gasteiger partial charge in [0.05, 0.1) is 11.3 Å². The molecule has 39 heavy (non-hydrogen) atoms. The largest absolute Gasteiger partial charge is 0.383 e. The van der Waals surface area contributed by atoms with E-state index in [1.807, 2.05) is 12.1 Å². The minimum Gasteiger partial charge on any atom is -0.383 e. The molecule has 3 aromatic heterocycles. The summed E-state index contributed by atoms with van der Waals surface area (Å²) in [5.74, 6) is 1.22. The maximum Gasteiger partial charge on any atom is 0.165 e. The van der Waals surface area contributed by atoms with Crippen molar-refractivity contribution in [3.63, 3.8) is 0 Å². The number of rotatable bonds is 5. The van der Waals surface area contributed by atoms with Crippen LogP contribution in [0.4, 0.5) is 5.82 Å². The van der Waals surface area contributed by atoms with Crippen LogP contribution in [0.2, 0.25) is 0 Å². The van der Waals surface area contributed by atoms with E-state index in [1.165, 1.54) is 44.6 Å². The molecule has 1 aromatic carbocycles. The van der Waals surface area contributed by atoms with E-state index in [9.17, 15) is 0 Å². The molecule has 1 unspecified atom stereocenters. The number of fused-ring (bicyclic) bond motifs is 1. The molecule has 1 spiro atoms. The molecule has 0 bridgehead atoms. The molecule has 2 fully saturated rings. The fourth-order valence-electron chi connectivity index (χ4n) is 6.62. The molecule has 0 amide bonds. The number of aromatic nitrogens is 4. The fraction of sp³-hybridized carbons (Fsp3) is 0.344. The van der Waals surface area contributed by atoms with E-state index in [0.29, 0.717) is 11.2 Å². The zero-order valence-electron chi connectivity index (χ0n) is 22.6. The van der Waals surface area contributed by atoms with Gasteiger partial charge in [0.2, 0.25) is 0 Å². The van der Waals surface area contributed by atoms with Crippen molar-refractivity contribution in [2.24, 2.45) is 5.41 Å². The summed E-state index contributed by atoms with van der Waals surface area (Å²) in [5.41, 5.74) is 13.8. The Labute approximate surface area is 229 Å². The van der Waals surface area contributed by atoms with Crippen molar-refractivity contribution in [1.29, 1.82) is 0 Å². The predicted octanol–water partition coefficient (Wildman–Crippen LogP) is 5.33. The molecule has 3 aliphatic rings. The minimum absolute atomic E-state index is 0.462. The minimum atomic E-state index is 0.462. The first-order chi connectivity index (χ1) is 19.1. The second-order valence-electron chi connectivity index (χ2n) is 11.5. The van der Waals surface area contributed by atoms with Gasteiger partial charge in [0.1, 0.15) is 11.3 Å². The van der Waals surface area contributed by atoms with Crippen LogP contribution in [0.3, 0.4) is 0 Å². The smallest absolute Gasteiger partial charge is 0.165 e. The molecule has 198 valence electrons. The van der Waals surface area contributed by atoms with E-state index in [4.69, 9.17) is 15.7 Å². The van der Waals surface area contributed by atoms with Crippen LogP contribution in [0.15, 0.2) is 73.0 Å². The number of hydrogen-bond acceptors (Lipinski definition) is 6. The highest BCUT2D eigenvalue weighted by Crippen LogP contribution is 2.39. The van der Waals surface area contributed by atoms with E-state index in [1.54, 1.807) is 6.20 Å². The third-order valence-electron chi connectivity index (χ3n) is 8.62. The number of nitrogens with zero attached hydrogens (tertiary/aromatic N) is 6. The maximum atomic E-state index is 6.33. The molecule has 0 radical (unpaired) electrons. The van der Waals surface area contributed by atoms with Crippen LogP contribution in [-0.4, -0.2) is 62.5 Å². The lowest BCUT2D eigenvalue weighted by Crippen LogP contribution is -2.29. The van der Waals surface area contributed by atoms with Crippen LogP contribution in [0.1, 0.15) is 36.9 Å². The molecular formula is C32H35N7. The van der Waals surface area contributed by atoms with Crippen molar-refractivity contribution >= 4 is 22.6 Å². The predicted molar refractivity (Wildman–Crippen MR) is 157 cm³/mol. The average Bonchev–Trinajstić information content (AvgIpc) is 3.65. The van der Waals surface area contributed by atoms with Gasteiger partial charge in [-0.05, 0) is 98.8 Å². The highest BCUT2D eigenvalue weighted by Gasteiger charge is 2.42. The lowest BCUT2D eigenvalue weighted by Gasteiger charge is -2.24. The lowest BCUT2D eigenvalue weighted by molar-refractivity contribution is 0.250. The Morgan fingerprint density at radius 2 is 1.82 bits per heavy atom.